The molecule has 44 heavy (non-hydrogen) atoms. The summed E-state index contributed by atoms with van der Waals surface area (Å²) in [5.41, 5.74) is 7.48. The van der Waals surface area contributed by atoms with Crippen LogP contribution in [0.5, 0.6) is 11.5 Å². The second-order valence-electron chi connectivity index (χ2n) is 10.5. The molecular weight excluding hydrogens is 581 g/mol. The lowest BCUT2D eigenvalue weighted by Gasteiger charge is -2.26. The van der Waals surface area contributed by atoms with Crippen LogP contribution in [0.1, 0.15) is 18.5 Å². The van der Waals surface area contributed by atoms with Gasteiger partial charge in [0.2, 0.25) is 11.8 Å². The standard InChI is InChI=1S/C33H30FN5O4S/c1-42-17-16-36-20-21-6-5-9-25(38-21)29-19-26-30(44-29)28(12-15-37-26)43-27-11-10-23(18-24(27)34)39(22-7-3-2-4-8-22)32(41)33(13-14-33)31(35)40/h2-12,15,18-19,36H,13-14,16-17,20H2,1H3,(H2,35,40). The summed E-state index contributed by atoms with van der Waals surface area (Å²) >= 11 is 1.45. The molecule has 3 heterocycles. The molecule has 6 rings (SSSR count). The van der Waals surface area contributed by atoms with Crippen molar-refractivity contribution >= 4 is 44.7 Å². The Labute approximate surface area is 257 Å². The van der Waals surface area contributed by atoms with Crippen LogP contribution in [0, 0.1) is 11.2 Å². The largest absolute Gasteiger partial charge is 0.453 e. The quantitative estimate of drug-likeness (QED) is 0.132. The van der Waals surface area contributed by atoms with Gasteiger partial charge in [-0.05, 0) is 55.3 Å². The van der Waals surface area contributed by atoms with Crippen LogP contribution < -0.4 is 20.7 Å². The summed E-state index contributed by atoms with van der Waals surface area (Å²) in [5.74, 6) is -1.40. The number of benzene rings is 2. The van der Waals surface area contributed by atoms with Crippen molar-refractivity contribution in [2.45, 2.75) is 19.4 Å². The molecule has 9 nitrogen and oxygen atoms in total. The summed E-state index contributed by atoms with van der Waals surface area (Å²) in [4.78, 5) is 37.2. The summed E-state index contributed by atoms with van der Waals surface area (Å²) < 4.78 is 27.5. The number of aromatic nitrogens is 2. The maximum absolute atomic E-state index is 15.6. The van der Waals surface area contributed by atoms with Crippen molar-refractivity contribution in [2.75, 3.05) is 25.2 Å². The van der Waals surface area contributed by atoms with Gasteiger partial charge in [-0.2, -0.15) is 0 Å². The van der Waals surface area contributed by atoms with E-state index in [-0.39, 0.29) is 11.4 Å². The molecule has 0 unspecified atom stereocenters. The molecule has 3 N–H and O–H groups in total. The van der Waals surface area contributed by atoms with Crippen molar-refractivity contribution in [1.82, 2.24) is 15.3 Å². The van der Waals surface area contributed by atoms with Crippen LogP contribution in [0.3, 0.4) is 0 Å². The first-order chi connectivity index (χ1) is 21.4. The van der Waals surface area contributed by atoms with Crippen molar-refractivity contribution < 1.29 is 23.5 Å². The predicted octanol–water partition coefficient (Wildman–Crippen LogP) is 5.96. The number of para-hydroxylation sites is 1. The monoisotopic (exact) mass is 611 g/mol. The molecule has 2 amide bonds. The normalized spacial score (nSPS) is 13.5. The Hall–Kier alpha value is -4.71. The minimum absolute atomic E-state index is 0.0186. The number of ether oxygens (including phenoxy) is 2. The van der Waals surface area contributed by atoms with E-state index in [4.69, 9.17) is 20.2 Å². The van der Waals surface area contributed by atoms with Gasteiger partial charge in [0.15, 0.2) is 11.6 Å². The van der Waals surface area contributed by atoms with Crippen molar-refractivity contribution in [3.63, 3.8) is 0 Å². The number of halogens is 1. The van der Waals surface area contributed by atoms with E-state index in [2.05, 4.69) is 10.3 Å². The number of rotatable bonds is 12. The number of carbonyl (C=O) groups is 2. The second kappa shape index (κ2) is 12.5. The Kier molecular flexibility index (Phi) is 8.34. The van der Waals surface area contributed by atoms with E-state index in [1.165, 1.54) is 28.4 Å². The number of hydrogen-bond donors (Lipinski definition) is 2. The number of nitrogens with two attached hydrogens (primary N) is 1. The van der Waals surface area contributed by atoms with Crippen molar-refractivity contribution in [3.8, 4) is 22.1 Å². The number of primary amides is 1. The van der Waals surface area contributed by atoms with E-state index < -0.39 is 23.0 Å². The maximum atomic E-state index is 15.6. The van der Waals surface area contributed by atoms with Gasteiger partial charge in [0.05, 0.1) is 38.8 Å². The third-order valence-electron chi connectivity index (χ3n) is 7.47. The Morgan fingerprint density at radius 2 is 1.84 bits per heavy atom. The topological polar surface area (TPSA) is 120 Å². The molecule has 1 saturated carbocycles. The average molecular weight is 612 g/mol. The first-order valence-electron chi connectivity index (χ1n) is 14.1. The second-order valence-corrected chi connectivity index (χ2v) is 11.5. The zero-order chi connectivity index (χ0) is 30.7. The van der Waals surface area contributed by atoms with Crippen molar-refractivity contribution in [2.24, 2.45) is 11.1 Å². The Bertz CT molecular complexity index is 1830. The van der Waals surface area contributed by atoms with E-state index in [0.717, 1.165) is 27.5 Å². The molecule has 0 aliphatic heterocycles. The number of amides is 2. The molecule has 5 aromatic rings. The minimum atomic E-state index is -1.28. The number of nitrogens with zero attached hydrogens (tertiary/aromatic N) is 3. The number of fused-ring (bicyclic) bond motifs is 1. The van der Waals surface area contributed by atoms with Gasteiger partial charge in [0, 0.05) is 44.2 Å². The lowest BCUT2D eigenvalue weighted by molar-refractivity contribution is -0.133. The van der Waals surface area contributed by atoms with E-state index >= 15 is 4.39 Å². The van der Waals surface area contributed by atoms with Gasteiger partial charge in [0.25, 0.3) is 0 Å². The van der Waals surface area contributed by atoms with Crippen LogP contribution in [0.25, 0.3) is 20.8 Å². The molecule has 0 bridgehead atoms. The number of anilines is 2. The van der Waals surface area contributed by atoms with Crippen LogP contribution in [-0.2, 0) is 20.9 Å². The number of hydrogen-bond acceptors (Lipinski definition) is 8. The molecule has 1 aliphatic rings. The molecule has 3 aromatic heterocycles. The molecule has 2 aromatic carbocycles. The molecule has 11 heteroatoms. The molecule has 0 radical (unpaired) electrons. The van der Waals surface area contributed by atoms with Crippen molar-refractivity contribution in [3.05, 3.63) is 96.6 Å². The highest BCUT2D eigenvalue weighted by molar-refractivity contribution is 7.22. The number of methoxy groups -OCH3 is 1. The number of pyridine rings is 2. The van der Waals surface area contributed by atoms with Gasteiger partial charge in [-0.3, -0.25) is 24.5 Å². The third-order valence-corrected chi connectivity index (χ3v) is 8.63. The molecule has 224 valence electrons. The van der Waals surface area contributed by atoms with Crippen LogP contribution in [0.2, 0.25) is 0 Å². The Morgan fingerprint density at radius 1 is 1.02 bits per heavy atom. The fourth-order valence-electron chi connectivity index (χ4n) is 4.92. The van der Waals surface area contributed by atoms with Crippen LogP contribution >= 0.6 is 11.3 Å². The predicted molar refractivity (Wildman–Crippen MR) is 167 cm³/mol. The van der Waals surface area contributed by atoms with E-state index in [1.807, 2.05) is 30.3 Å². The fourth-order valence-corrected chi connectivity index (χ4v) is 5.96. The lowest BCUT2D eigenvalue weighted by atomic mass is 10.0. The van der Waals surface area contributed by atoms with Crippen LogP contribution in [-0.4, -0.2) is 42.0 Å². The smallest absolute Gasteiger partial charge is 0.247 e. The van der Waals surface area contributed by atoms with Gasteiger partial charge in [-0.15, -0.1) is 11.3 Å². The summed E-state index contributed by atoms with van der Waals surface area (Å²) in [6, 6.07) is 22.6. The van der Waals surface area contributed by atoms with Gasteiger partial charge >= 0.3 is 0 Å². The maximum Gasteiger partial charge on any atom is 0.247 e. The number of nitrogens with one attached hydrogen (secondary N) is 1. The summed E-state index contributed by atoms with van der Waals surface area (Å²) in [5, 5.41) is 3.30. The highest BCUT2D eigenvalue weighted by atomic mass is 32.1. The van der Waals surface area contributed by atoms with Gasteiger partial charge < -0.3 is 20.5 Å². The zero-order valence-corrected chi connectivity index (χ0v) is 24.8. The van der Waals surface area contributed by atoms with Crippen LogP contribution in [0.15, 0.2) is 85.1 Å². The van der Waals surface area contributed by atoms with Crippen LogP contribution in [0.4, 0.5) is 15.8 Å². The van der Waals surface area contributed by atoms with E-state index in [1.54, 1.807) is 49.7 Å². The highest BCUT2D eigenvalue weighted by Crippen LogP contribution is 2.49. The molecule has 1 fully saturated rings. The highest BCUT2D eigenvalue weighted by Gasteiger charge is 2.57. The van der Waals surface area contributed by atoms with E-state index in [0.29, 0.717) is 42.9 Å². The number of thiophene rings is 1. The Balaban J connectivity index is 1.27. The average Bonchev–Trinajstić information content (AvgIpc) is 3.74. The molecule has 0 saturated heterocycles. The first-order valence-corrected chi connectivity index (χ1v) is 14.9. The van der Waals surface area contributed by atoms with Gasteiger partial charge in [0.1, 0.15) is 11.2 Å². The molecule has 0 atom stereocenters. The number of carbonyl (C=O) groups excluding carboxylic acids is 2. The molecule has 0 spiro atoms. The van der Waals surface area contributed by atoms with Gasteiger partial charge in [-0.1, -0.05) is 24.3 Å². The minimum Gasteiger partial charge on any atom is -0.453 e. The molecule has 1 aliphatic carbocycles. The van der Waals surface area contributed by atoms with Crippen molar-refractivity contribution in [1.29, 1.82) is 0 Å². The third kappa shape index (κ3) is 5.89. The molecular formula is C33H30FN5O4S. The zero-order valence-electron chi connectivity index (χ0n) is 24.0. The lowest BCUT2D eigenvalue weighted by Crippen LogP contribution is -2.41. The fraction of sp³-hybridized carbons (Fsp3) is 0.212. The van der Waals surface area contributed by atoms with E-state index in [9.17, 15) is 9.59 Å². The SMILES string of the molecule is COCCNCc1cccc(-c2cc3nccc(Oc4ccc(N(C(=O)C5(C(N)=O)CC5)c5ccccc5)cc4F)c3s2)n1. The summed E-state index contributed by atoms with van der Waals surface area (Å²) in [6.45, 7) is 1.95. The first kappa shape index (κ1) is 29.4. The summed E-state index contributed by atoms with van der Waals surface area (Å²) in [7, 11) is 1.66. The summed E-state index contributed by atoms with van der Waals surface area (Å²) in [6.07, 6.45) is 2.33. The Morgan fingerprint density at radius 3 is 2.57 bits per heavy atom. The van der Waals surface area contributed by atoms with Gasteiger partial charge in [-0.25, -0.2) is 4.39 Å².